The zero-order valence-electron chi connectivity index (χ0n) is 25.0. The Bertz CT molecular complexity index is 984. The summed E-state index contributed by atoms with van der Waals surface area (Å²) in [4.78, 5) is 16.0. The highest BCUT2D eigenvalue weighted by atomic mass is 16.2. The van der Waals surface area contributed by atoms with E-state index in [1.807, 2.05) is 41.5 Å². The Hall–Kier alpha value is -2.81. The van der Waals surface area contributed by atoms with E-state index < -0.39 is 0 Å². The molecule has 0 spiro atoms. The Morgan fingerprint density at radius 3 is 1.97 bits per heavy atom. The van der Waals surface area contributed by atoms with Gasteiger partial charge in [0.2, 0.25) is 5.91 Å². The lowest BCUT2D eigenvalue weighted by Crippen LogP contribution is -2.52. The second-order valence-electron chi connectivity index (χ2n) is 9.67. The van der Waals surface area contributed by atoms with Crippen molar-refractivity contribution in [2.75, 3.05) is 0 Å². The van der Waals surface area contributed by atoms with Gasteiger partial charge in [0.1, 0.15) is 6.04 Å². The molecule has 1 fully saturated rings. The third-order valence-corrected chi connectivity index (χ3v) is 6.58. The van der Waals surface area contributed by atoms with Crippen molar-refractivity contribution in [3.63, 3.8) is 0 Å². The van der Waals surface area contributed by atoms with E-state index >= 15 is 0 Å². The molecule has 1 aliphatic rings. The zero-order chi connectivity index (χ0) is 28.0. The predicted molar refractivity (Wildman–Crippen MR) is 163 cm³/mol. The van der Waals surface area contributed by atoms with E-state index in [0.717, 1.165) is 31.3 Å². The molecule has 0 aliphatic heterocycles. The molecular weight excluding hydrogens is 452 g/mol. The number of amides is 1. The van der Waals surface area contributed by atoms with Gasteiger partial charge in [-0.15, -0.1) is 0 Å². The third kappa shape index (κ3) is 8.91. The van der Waals surface area contributed by atoms with Crippen LogP contribution in [0.5, 0.6) is 0 Å². The summed E-state index contributed by atoms with van der Waals surface area (Å²) in [5, 5.41) is 3.19. The van der Waals surface area contributed by atoms with Gasteiger partial charge in [0.25, 0.3) is 0 Å². The van der Waals surface area contributed by atoms with Crippen LogP contribution in [0.4, 0.5) is 0 Å². The van der Waals surface area contributed by atoms with Crippen LogP contribution in [-0.2, 0) is 11.2 Å². The van der Waals surface area contributed by atoms with Crippen molar-refractivity contribution in [2.24, 2.45) is 0 Å². The largest absolute Gasteiger partial charge is 0.352 e. The number of nitrogens with one attached hydrogen (secondary N) is 1. The number of rotatable bonds is 10. The van der Waals surface area contributed by atoms with Crippen LogP contribution >= 0.6 is 0 Å². The molecular formula is C34H52N2O. The minimum absolute atomic E-state index is 0.0259. The molecule has 0 saturated heterocycles. The number of benzene rings is 2. The van der Waals surface area contributed by atoms with Crippen molar-refractivity contribution in [1.29, 1.82) is 0 Å². The smallest absolute Gasteiger partial charge is 0.242 e. The molecule has 2 aromatic rings. The molecule has 2 atom stereocenters. The van der Waals surface area contributed by atoms with E-state index in [1.165, 1.54) is 34.4 Å². The average molecular weight is 505 g/mol. The van der Waals surface area contributed by atoms with Gasteiger partial charge in [0.15, 0.2) is 0 Å². The molecule has 2 aromatic carbocycles. The van der Waals surface area contributed by atoms with Crippen molar-refractivity contribution in [1.82, 2.24) is 10.2 Å². The number of hydrogen-bond acceptors (Lipinski definition) is 2. The summed E-state index contributed by atoms with van der Waals surface area (Å²) in [7, 11) is 0. The maximum atomic E-state index is 13.6. The van der Waals surface area contributed by atoms with Crippen LogP contribution < -0.4 is 5.32 Å². The maximum Gasteiger partial charge on any atom is 0.242 e. The van der Waals surface area contributed by atoms with E-state index in [0.29, 0.717) is 0 Å². The molecule has 0 aromatic heterocycles. The Morgan fingerprint density at radius 2 is 1.51 bits per heavy atom. The first-order chi connectivity index (χ1) is 17.8. The van der Waals surface area contributed by atoms with Crippen molar-refractivity contribution in [3.05, 3.63) is 89.0 Å². The van der Waals surface area contributed by atoms with Gasteiger partial charge in [-0.05, 0) is 76.5 Å². The van der Waals surface area contributed by atoms with Crippen LogP contribution in [0.3, 0.4) is 0 Å². The van der Waals surface area contributed by atoms with Gasteiger partial charge >= 0.3 is 0 Å². The molecule has 37 heavy (non-hydrogen) atoms. The fraction of sp³-hybridized carbons (Fsp3) is 0.500. The molecule has 1 saturated carbocycles. The zero-order valence-corrected chi connectivity index (χ0v) is 25.0. The molecule has 3 nitrogen and oxygen atoms in total. The topological polar surface area (TPSA) is 32.3 Å². The van der Waals surface area contributed by atoms with Gasteiger partial charge < -0.3 is 10.2 Å². The van der Waals surface area contributed by atoms with Crippen LogP contribution in [0.1, 0.15) is 97.8 Å². The van der Waals surface area contributed by atoms with Crippen molar-refractivity contribution in [2.45, 2.75) is 113 Å². The lowest BCUT2D eigenvalue weighted by atomic mass is 9.84. The summed E-state index contributed by atoms with van der Waals surface area (Å²) in [5.74, 6) is 0.0952. The first-order valence-corrected chi connectivity index (χ1v) is 14.4. The maximum absolute atomic E-state index is 13.6. The first kappa shape index (κ1) is 32.2. The molecule has 0 heterocycles. The van der Waals surface area contributed by atoms with E-state index in [1.54, 1.807) is 0 Å². The number of carbonyl (C=O) groups excluding carboxylic acids is 1. The van der Waals surface area contributed by atoms with E-state index in [-0.39, 0.29) is 24.0 Å². The fourth-order valence-corrected chi connectivity index (χ4v) is 4.71. The SMILES string of the molecule is C=C(C)C(Cc1ccccc1)N(C(=C1CCC1)c1ccccc1C)C(CC)C(=O)NC(C)C.CC.CC. The van der Waals surface area contributed by atoms with Gasteiger partial charge in [-0.25, -0.2) is 0 Å². The van der Waals surface area contributed by atoms with Crippen LogP contribution in [0.15, 0.2) is 72.3 Å². The van der Waals surface area contributed by atoms with Gasteiger partial charge in [-0.1, -0.05) is 101 Å². The quantitative estimate of drug-likeness (QED) is 0.328. The van der Waals surface area contributed by atoms with Crippen molar-refractivity contribution < 1.29 is 4.79 Å². The summed E-state index contributed by atoms with van der Waals surface area (Å²) in [5.41, 5.74) is 7.53. The monoisotopic (exact) mass is 504 g/mol. The molecule has 1 N–H and O–H groups in total. The summed E-state index contributed by atoms with van der Waals surface area (Å²) < 4.78 is 0. The average Bonchev–Trinajstić information content (AvgIpc) is 2.86. The molecule has 1 aliphatic carbocycles. The van der Waals surface area contributed by atoms with Crippen molar-refractivity contribution >= 4 is 11.6 Å². The Balaban J connectivity index is 0.00000163. The second-order valence-corrected chi connectivity index (χ2v) is 9.67. The standard InChI is InChI=1S/C30H40N2O.2C2H6/c1-7-27(30(33)31-22(4)5)32(28(21(2)3)20-24-15-9-8-10-16-24)29(25-17-13-18-25)26-19-12-11-14-23(26)6;2*1-2/h8-12,14-16,19,22,27-28H,2,7,13,17-18,20H2,1,3-6H3,(H,31,33);2*1-2H3. The molecule has 3 heteroatoms. The highest BCUT2D eigenvalue weighted by Crippen LogP contribution is 2.40. The lowest BCUT2D eigenvalue weighted by Gasteiger charge is -2.44. The summed E-state index contributed by atoms with van der Waals surface area (Å²) >= 11 is 0. The minimum Gasteiger partial charge on any atom is -0.352 e. The van der Waals surface area contributed by atoms with Crippen LogP contribution in [0, 0.1) is 6.92 Å². The van der Waals surface area contributed by atoms with Crippen LogP contribution in [0.25, 0.3) is 5.70 Å². The Labute approximate surface area is 228 Å². The fourth-order valence-electron chi connectivity index (χ4n) is 4.71. The minimum atomic E-state index is -0.263. The Kier molecular flexibility index (Phi) is 14.7. The van der Waals surface area contributed by atoms with Gasteiger partial charge in [-0.2, -0.15) is 0 Å². The lowest BCUT2D eigenvalue weighted by molar-refractivity contribution is -0.126. The summed E-state index contributed by atoms with van der Waals surface area (Å²) in [6.45, 7) is 22.9. The molecule has 3 rings (SSSR count). The molecule has 1 amide bonds. The first-order valence-electron chi connectivity index (χ1n) is 14.4. The van der Waals surface area contributed by atoms with Gasteiger partial charge in [-0.3, -0.25) is 4.79 Å². The van der Waals surface area contributed by atoms with E-state index in [9.17, 15) is 4.79 Å². The summed E-state index contributed by atoms with van der Waals surface area (Å²) in [6, 6.07) is 19.0. The normalized spacial score (nSPS) is 13.6. The van der Waals surface area contributed by atoms with Gasteiger partial charge in [0.05, 0.1) is 6.04 Å². The van der Waals surface area contributed by atoms with E-state index in [2.05, 4.69) is 92.2 Å². The Morgan fingerprint density at radius 1 is 0.946 bits per heavy atom. The second kappa shape index (κ2) is 16.8. The predicted octanol–water partition coefficient (Wildman–Crippen LogP) is 8.74. The number of aryl methyl sites for hydroxylation is 1. The van der Waals surface area contributed by atoms with Crippen LogP contribution in [-0.4, -0.2) is 28.9 Å². The highest BCUT2D eigenvalue weighted by molar-refractivity contribution is 5.85. The third-order valence-electron chi connectivity index (χ3n) is 6.58. The van der Waals surface area contributed by atoms with Gasteiger partial charge in [0, 0.05) is 17.3 Å². The highest BCUT2D eigenvalue weighted by Gasteiger charge is 2.36. The molecule has 0 radical (unpaired) electrons. The molecule has 2 unspecified atom stereocenters. The summed E-state index contributed by atoms with van der Waals surface area (Å²) in [6.07, 6.45) is 4.96. The van der Waals surface area contributed by atoms with Crippen molar-refractivity contribution in [3.8, 4) is 0 Å². The van der Waals surface area contributed by atoms with E-state index in [4.69, 9.17) is 0 Å². The number of nitrogens with zero attached hydrogens (tertiary/aromatic N) is 1. The van der Waals surface area contributed by atoms with Crippen LogP contribution in [0.2, 0.25) is 0 Å². The molecule has 0 bridgehead atoms. The number of hydrogen-bond donors (Lipinski definition) is 1. The molecule has 204 valence electrons. The number of carbonyl (C=O) groups is 1. The number of allylic oxidation sites excluding steroid dienone is 1.